The van der Waals surface area contributed by atoms with Crippen LogP contribution in [0.25, 0.3) is 5.70 Å². The Morgan fingerprint density at radius 2 is 1.53 bits per heavy atom. The van der Waals surface area contributed by atoms with Crippen LogP contribution >= 0.6 is 0 Å². The molecule has 17 nitrogen and oxygen atoms in total. The number of imide groups is 1. The number of benzene rings is 3. The van der Waals surface area contributed by atoms with Crippen molar-refractivity contribution in [2.75, 3.05) is 18.7 Å². The number of allylic oxidation sites excluding steroid dienone is 4. The summed E-state index contributed by atoms with van der Waals surface area (Å²) < 4.78 is 32.9. The second kappa shape index (κ2) is 50.9. The maximum Gasteiger partial charge on any atom is 0.349 e. The first-order valence-corrected chi connectivity index (χ1v) is 33.2. The molecule has 7 rings (SSSR count). The van der Waals surface area contributed by atoms with Gasteiger partial charge in [0.15, 0.2) is 0 Å². The van der Waals surface area contributed by atoms with E-state index in [1.165, 1.54) is 74.6 Å². The van der Waals surface area contributed by atoms with Crippen LogP contribution < -0.4 is 33.3 Å². The highest BCUT2D eigenvalue weighted by Crippen LogP contribution is 2.39. The summed E-state index contributed by atoms with van der Waals surface area (Å²) in [6, 6.07) is 17.9. The first-order chi connectivity index (χ1) is 43.8. The zero-order valence-corrected chi connectivity index (χ0v) is 57.2. The number of ether oxygens (including phenoxy) is 1. The lowest BCUT2D eigenvalue weighted by Gasteiger charge is -2.31. The number of hydroxylamine groups is 1. The van der Waals surface area contributed by atoms with Gasteiger partial charge in [-0.05, 0) is 122 Å². The van der Waals surface area contributed by atoms with Crippen LogP contribution in [0.5, 0.6) is 0 Å². The van der Waals surface area contributed by atoms with Crippen LogP contribution in [-0.2, 0) is 57.3 Å². The van der Waals surface area contributed by atoms with Crippen molar-refractivity contribution in [3.8, 4) is 0 Å². The number of primary amides is 1. The molecule has 0 spiro atoms. The van der Waals surface area contributed by atoms with E-state index in [2.05, 4.69) is 101 Å². The Bertz CT molecular complexity index is 2650. The van der Waals surface area contributed by atoms with Gasteiger partial charge in [0.05, 0.1) is 12.8 Å². The monoisotopic (exact) mass is 1290 g/mol. The van der Waals surface area contributed by atoms with Crippen molar-refractivity contribution in [3.63, 3.8) is 0 Å². The van der Waals surface area contributed by atoms with E-state index in [0.29, 0.717) is 75.0 Å². The molecule has 1 saturated carbocycles. The van der Waals surface area contributed by atoms with Gasteiger partial charge in [0, 0.05) is 85.3 Å². The minimum absolute atomic E-state index is 0.0905. The quantitative estimate of drug-likeness (QED) is 0.00978. The SMILES string of the molecule is C=C1c2cccc(NC(=O)CCCCC(=O)CC(CCC)Cc3ccc(C(F)(F)NO)cc3)c2CN1C1CCC(=O)NC1=O.CC(=O)CCCOC1CCCC(C)C1.CCC.CCC1=CCC(C(C)=O)C=C1.CCCCC(C)N.Cc1ccccc1.NC=O.NCO. The molecular formula is C73H115F2N7O10. The van der Waals surface area contributed by atoms with Crippen LogP contribution in [0, 0.1) is 24.7 Å². The zero-order chi connectivity index (χ0) is 69.4. The fourth-order valence-corrected chi connectivity index (χ4v) is 10.4. The number of aliphatic hydroxyl groups is 1. The van der Waals surface area contributed by atoms with E-state index in [9.17, 15) is 37.5 Å². The van der Waals surface area contributed by atoms with Crippen LogP contribution in [-0.4, -0.2) is 88.2 Å². The zero-order valence-electron chi connectivity index (χ0n) is 57.2. The van der Waals surface area contributed by atoms with Crippen LogP contribution in [0.1, 0.15) is 225 Å². The molecule has 0 radical (unpaired) electrons. The summed E-state index contributed by atoms with van der Waals surface area (Å²) >= 11 is 0. The molecule has 2 aliphatic carbocycles. The number of rotatable bonds is 25. The molecule has 2 aliphatic heterocycles. The number of aliphatic hydroxyl groups excluding tert-OH is 1. The standard InChI is InChI=1S/C33H40F2N4O5.C12H22O2.C10H14O.C7H8.C6H15N.C3H8.CH5NO.CH3NO/c1-3-7-23(18-22-12-14-24(15-13-22)33(34,35)38-44)19-25(40)8-4-5-11-30(41)36-28-10-6-9-26-21(2)39(20-27(26)28)29-16-17-31(42)37-32(29)43;1-10-5-3-7-12(9-10)14-8-4-6-11(2)13;1-3-9-4-6-10(7-5-9)8(2)11;1-7-5-3-2-4-6-7;1-3-4-5-6(2)7;1-3-2;2*2-1-3/h6,9-10,12-15,23,29,38,44H,2-5,7-8,11,16-20H2,1H3,(H,36,41)(H,37,42,43);10,12H,3-9H2,1-2H3;4-6,10H,3,7H2,1-2H3;2-6H,1H3;6H,3-5,7H2,1-2H3;3H2,1-2H3;3H,1-2H2;1H,(H2,2,3). The number of nitrogens with zero attached hydrogens (tertiary/aromatic N) is 1. The van der Waals surface area contributed by atoms with E-state index in [4.69, 9.17) is 25.6 Å². The van der Waals surface area contributed by atoms with Gasteiger partial charge in [0.25, 0.3) is 0 Å². The predicted molar refractivity (Wildman–Crippen MR) is 367 cm³/mol. The van der Waals surface area contributed by atoms with Crippen LogP contribution in [0.15, 0.2) is 103 Å². The normalized spacial score (nSPS) is 17.5. The summed E-state index contributed by atoms with van der Waals surface area (Å²) in [4.78, 5) is 81.6. The molecule has 6 unspecified atom stereocenters. The number of halogens is 2. The topological polar surface area (TPSA) is 287 Å². The van der Waals surface area contributed by atoms with Gasteiger partial charge >= 0.3 is 6.05 Å². The van der Waals surface area contributed by atoms with Gasteiger partial charge in [-0.15, -0.1) is 5.48 Å². The molecule has 92 heavy (non-hydrogen) atoms. The van der Waals surface area contributed by atoms with Crippen molar-refractivity contribution < 1.29 is 57.4 Å². The number of nitrogens with two attached hydrogens (primary N) is 3. The second-order valence-corrected chi connectivity index (χ2v) is 23.9. The van der Waals surface area contributed by atoms with Crippen molar-refractivity contribution in [2.45, 2.75) is 241 Å². The highest BCUT2D eigenvalue weighted by molar-refractivity contribution is 6.01. The molecule has 0 aromatic heterocycles. The molecule has 11 N–H and O–H groups in total. The summed E-state index contributed by atoms with van der Waals surface area (Å²) in [6.07, 6.45) is 25.7. The van der Waals surface area contributed by atoms with Crippen LogP contribution in [0.3, 0.4) is 0 Å². The Morgan fingerprint density at radius 3 is 2.03 bits per heavy atom. The molecule has 2 fully saturated rings. The van der Waals surface area contributed by atoms with Crippen molar-refractivity contribution >= 4 is 52.9 Å². The van der Waals surface area contributed by atoms with E-state index < -0.39 is 12.1 Å². The predicted octanol–water partition coefficient (Wildman–Crippen LogP) is 13.8. The highest BCUT2D eigenvalue weighted by atomic mass is 19.3. The average Bonchev–Trinajstić information content (AvgIpc) is 1.63. The Balaban J connectivity index is 0.00000138. The van der Waals surface area contributed by atoms with Crippen molar-refractivity contribution in [1.29, 1.82) is 0 Å². The molecule has 4 amide bonds. The minimum atomic E-state index is -3.52. The minimum Gasteiger partial charge on any atom is -0.382 e. The van der Waals surface area contributed by atoms with E-state index >= 15 is 0 Å². The number of piperidine rings is 1. The van der Waals surface area contributed by atoms with Crippen molar-refractivity contribution in [1.82, 2.24) is 15.7 Å². The molecule has 4 aliphatic rings. The van der Waals surface area contributed by atoms with Gasteiger partial charge in [-0.25, -0.2) is 0 Å². The number of carbonyl (C=O) groups is 7. The first-order valence-electron chi connectivity index (χ1n) is 33.2. The summed E-state index contributed by atoms with van der Waals surface area (Å²) in [5.41, 5.74) is 21.3. The lowest BCUT2D eigenvalue weighted by molar-refractivity contribution is -0.136. The number of hydrogen-bond acceptors (Lipinski definition) is 14. The molecule has 3 aromatic carbocycles. The Hall–Kier alpha value is -6.61. The Morgan fingerprint density at radius 1 is 0.891 bits per heavy atom. The largest absolute Gasteiger partial charge is 0.382 e. The molecule has 0 bridgehead atoms. The van der Waals surface area contributed by atoms with Crippen LogP contribution in [0.4, 0.5) is 14.5 Å². The third kappa shape index (κ3) is 37.8. The van der Waals surface area contributed by atoms with Gasteiger partial charge in [-0.2, -0.15) is 8.78 Å². The van der Waals surface area contributed by atoms with E-state index in [0.717, 1.165) is 66.8 Å². The summed E-state index contributed by atoms with van der Waals surface area (Å²) in [7, 11) is 0. The maximum absolute atomic E-state index is 13.6. The highest BCUT2D eigenvalue weighted by Gasteiger charge is 2.37. The maximum atomic E-state index is 13.6. The fourth-order valence-electron chi connectivity index (χ4n) is 10.4. The summed E-state index contributed by atoms with van der Waals surface area (Å²) in [6.45, 7) is 25.4. The van der Waals surface area contributed by atoms with Crippen LogP contribution in [0.2, 0.25) is 0 Å². The number of Topliss-reactive ketones (excluding diaryl/α,β-unsaturated/α-hetero) is 3. The number of aryl methyl sites for hydroxylation is 1. The van der Waals surface area contributed by atoms with E-state index in [1.54, 1.807) is 26.0 Å². The third-order valence-electron chi connectivity index (χ3n) is 15.3. The number of ketones is 3. The third-order valence-corrected chi connectivity index (χ3v) is 15.3. The average molecular weight is 1290 g/mol. The van der Waals surface area contributed by atoms with Gasteiger partial charge in [0.1, 0.15) is 23.4 Å². The number of fused-ring (bicyclic) bond motifs is 1. The van der Waals surface area contributed by atoms with Gasteiger partial charge in [-0.1, -0.05) is 183 Å². The van der Waals surface area contributed by atoms with E-state index in [-0.39, 0.29) is 78.5 Å². The Labute approximate surface area is 549 Å². The Kier molecular flexibility index (Phi) is 47.2. The van der Waals surface area contributed by atoms with Gasteiger partial charge in [0.2, 0.25) is 24.1 Å². The number of nitrogens with one attached hydrogen (secondary N) is 3. The summed E-state index contributed by atoms with van der Waals surface area (Å²) in [5, 5.41) is 21.3. The number of carbonyl (C=O) groups excluding carboxylic acids is 7. The van der Waals surface area contributed by atoms with E-state index in [1.807, 2.05) is 54.3 Å². The number of unbranched alkanes of at least 4 members (excludes halogenated alkanes) is 2. The molecule has 2 heterocycles. The smallest absolute Gasteiger partial charge is 0.349 e. The lowest BCUT2D eigenvalue weighted by Crippen LogP contribution is -2.50. The lowest BCUT2D eigenvalue weighted by atomic mass is 9.89. The molecular weight excluding hydrogens is 1170 g/mol. The molecule has 1 saturated heterocycles. The number of hydrogen-bond donors (Lipinski definition) is 8. The first kappa shape index (κ1) is 85.4. The number of amides is 4. The second-order valence-electron chi connectivity index (χ2n) is 23.9. The van der Waals surface area contributed by atoms with Gasteiger partial charge in [-0.3, -0.25) is 34.1 Å². The number of anilines is 1. The van der Waals surface area contributed by atoms with Crippen molar-refractivity contribution in [2.24, 2.45) is 35.0 Å². The number of alkyl halides is 2. The summed E-state index contributed by atoms with van der Waals surface area (Å²) in [5.74, 6) is 0.932. The van der Waals surface area contributed by atoms with Gasteiger partial charge < -0.3 is 47.3 Å². The molecule has 19 heteroatoms. The molecule has 6 atom stereocenters. The molecule has 3 aromatic rings. The molecule has 516 valence electrons. The van der Waals surface area contributed by atoms with Crippen molar-refractivity contribution in [3.05, 3.63) is 131 Å². The fraction of sp³-hybridized carbons (Fsp3) is 0.575.